The first-order valence-electron chi connectivity index (χ1n) is 13.0. The quantitative estimate of drug-likeness (QED) is 0.419. The van der Waals surface area contributed by atoms with E-state index in [1.807, 2.05) is 30.3 Å². The predicted molar refractivity (Wildman–Crippen MR) is 150 cm³/mol. The third-order valence-electron chi connectivity index (χ3n) is 6.50. The normalized spacial score (nSPS) is 14.4. The maximum atomic E-state index is 12.8. The van der Waals surface area contributed by atoms with Gasteiger partial charge in [0.05, 0.1) is 6.20 Å². The number of alkyl halides is 3. The molecule has 3 heterocycles. The van der Waals surface area contributed by atoms with Crippen molar-refractivity contribution in [2.45, 2.75) is 25.9 Å². The molecule has 6 bridgehead atoms. The summed E-state index contributed by atoms with van der Waals surface area (Å²) in [6, 6.07) is 13.8. The van der Waals surface area contributed by atoms with Crippen LogP contribution in [-0.2, 0) is 27.2 Å². The van der Waals surface area contributed by atoms with E-state index in [0.717, 1.165) is 35.3 Å². The van der Waals surface area contributed by atoms with Gasteiger partial charge < -0.3 is 25.2 Å². The topological polar surface area (TPSA) is 117 Å². The zero-order valence-electron chi connectivity index (χ0n) is 22.6. The molecule has 0 saturated carbocycles. The Morgan fingerprint density at radius 1 is 1.02 bits per heavy atom. The van der Waals surface area contributed by atoms with E-state index in [9.17, 15) is 22.8 Å². The number of ether oxygens (including phenoxy) is 1. The van der Waals surface area contributed by atoms with Gasteiger partial charge in [0.2, 0.25) is 18.1 Å². The highest BCUT2D eigenvalue weighted by atomic mass is 35.5. The number of nitrogens with one attached hydrogen (secondary N) is 2. The summed E-state index contributed by atoms with van der Waals surface area (Å²) in [5.41, 5.74) is 3.81. The van der Waals surface area contributed by atoms with Crippen molar-refractivity contribution in [3.05, 3.63) is 64.8 Å². The average molecular weight is 605 g/mol. The van der Waals surface area contributed by atoms with Crippen LogP contribution in [-0.4, -0.2) is 76.8 Å². The minimum absolute atomic E-state index is 0.0350. The lowest BCUT2D eigenvalue weighted by molar-refractivity contribution is -0.156. The van der Waals surface area contributed by atoms with Crippen LogP contribution in [0.2, 0.25) is 5.02 Å². The Bertz CT molecular complexity index is 1450. The van der Waals surface area contributed by atoms with Gasteiger partial charge >= 0.3 is 6.18 Å². The van der Waals surface area contributed by atoms with Gasteiger partial charge in [-0.2, -0.15) is 18.2 Å². The van der Waals surface area contributed by atoms with Gasteiger partial charge in [-0.3, -0.25) is 14.4 Å². The van der Waals surface area contributed by atoms with Crippen LogP contribution < -0.4 is 15.4 Å². The Balaban J connectivity index is 0.000000612. The molecule has 1 saturated heterocycles. The number of carbonyl (C=O) groups is 3. The number of amides is 2. The fraction of sp³-hybridized carbons (Fsp3) is 0.321. The Labute approximate surface area is 244 Å². The van der Waals surface area contributed by atoms with Crippen molar-refractivity contribution in [2.24, 2.45) is 0 Å². The number of aldehydes is 1. The highest BCUT2D eigenvalue weighted by molar-refractivity contribution is 6.32. The van der Waals surface area contributed by atoms with E-state index in [0.29, 0.717) is 48.7 Å². The van der Waals surface area contributed by atoms with Crippen molar-refractivity contribution >= 4 is 52.8 Å². The van der Waals surface area contributed by atoms with Gasteiger partial charge in [-0.15, -0.1) is 0 Å². The van der Waals surface area contributed by atoms with Crippen LogP contribution in [0.1, 0.15) is 18.1 Å². The number of carbonyl (C=O) groups excluding carboxylic acids is 3. The molecule has 3 aromatic rings. The van der Waals surface area contributed by atoms with Crippen LogP contribution in [0, 0.1) is 0 Å². The van der Waals surface area contributed by atoms with Crippen molar-refractivity contribution < 1.29 is 32.3 Å². The summed E-state index contributed by atoms with van der Waals surface area (Å²) >= 11 is 6.35. The zero-order chi connectivity index (χ0) is 30.3. The molecule has 2 N–H and O–H groups in total. The van der Waals surface area contributed by atoms with Crippen molar-refractivity contribution in [2.75, 3.05) is 43.4 Å². The van der Waals surface area contributed by atoms with Gasteiger partial charge in [0.15, 0.2) is 12.4 Å². The molecule has 14 heteroatoms. The molecule has 222 valence electrons. The first-order valence-corrected chi connectivity index (χ1v) is 13.4. The van der Waals surface area contributed by atoms with E-state index < -0.39 is 12.5 Å². The summed E-state index contributed by atoms with van der Waals surface area (Å²) in [5, 5.41) is 6.90. The second kappa shape index (κ2) is 13.5. The number of aryl methyl sites for hydroxylation is 2. The monoisotopic (exact) mass is 604 g/mol. The van der Waals surface area contributed by atoms with Crippen LogP contribution in [0.15, 0.2) is 48.7 Å². The largest absolute Gasteiger partial charge is 0.483 e. The lowest BCUT2D eigenvalue weighted by Crippen LogP contribution is -2.51. The summed E-state index contributed by atoms with van der Waals surface area (Å²) < 4.78 is 37.3. The first-order chi connectivity index (χ1) is 20.0. The van der Waals surface area contributed by atoms with Crippen molar-refractivity contribution in [3.63, 3.8) is 0 Å². The zero-order valence-corrected chi connectivity index (χ0v) is 23.3. The molecule has 0 radical (unpaired) electrons. The number of hydrogen-bond donors (Lipinski definition) is 2. The fourth-order valence-electron chi connectivity index (χ4n) is 4.36. The number of piperazine rings is 1. The number of fused-ring (bicyclic) bond motifs is 6. The molecular weight excluding hydrogens is 577 g/mol. The van der Waals surface area contributed by atoms with Crippen LogP contribution in [0.5, 0.6) is 5.75 Å². The van der Waals surface area contributed by atoms with Crippen LogP contribution in [0.25, 0.3) is 0 Å². The molecule has 2 amide bonds. The van der Waals surface area contributed by atoms with E-state index in [2.05, 4.69) is 32.7 Å². The summed E-state index contributed by atoms with van der Waals surface area (Å²) in [7, 11) is 0. The molecule has 2 aliphatic heterocycles. The summed E-state index contributed by atoms with van der Waals surface area (Å²) in [6.45, 7) is 3.63. The summed E-state index contributed by atoms with van der Waals surface area (Å²) in [4.78, 5) is 45.3. The number of hydrogen-bond acceptors (Lipinski definition) is 8. The number of rotatable bonds is 3. The van der Waals surface area contributed by atoms with Gasteiger partial charge in [0.25, 0.3) is 5.91 Å². The summed E-state index contributed by atoms with van der Waals surface area (Å²) in [5.74, 6) is 1.55. The van der Waals surface area contributed by atoms with Crippen LogP contribution >= 0.6 is 11.6 Å². The second-order valence-corrected chi connectivity index (χ2v) is 9.91. The van der Waals surface area contributed by atoms with E-state index >= 15 is 0 Å². The molecule has 0 unspecified atom stereocenters. The molecule has 0 spiro atoms. The van der Waals surface area contributed by atoms with E-state index in [1.165, 1.54) is 0 Å². The number of benzene rings is 2. The highest BCUT2D eigenvalue weighted by Gasteiger charge is 2.25. The van der Waals surface area contributed by atoms with Gasteiger partial charge in [-0.25, -0.2) is 4.98 Å². The number of nitrogens with zero attached hydrogens (tertiary/aromatic N) is 4. The van der Waals surface area contributed by atoms with Crippen LogP contribution in [0.4, 0.5) is 36.3 Å². The van der Waals surface area contributed by atoms with Gasteiger partial charge in [-0.05, 0) is 54.3 Å². The van der Waals surface area contributed by atoms with E-state index in [1.54, 1.807) is 22.9 Å². The lowest BCUT2D eigenvalue weighted by atomic mass is 10.0. The molecule has 1 aromatic heterocycles. The summed E-state index contributed by atoms with van der Waals surface area (Å²) in [6.07, 6.45) is -2.64. The van der Waals surface area contributed by atoms with E-state index in [4.69, 9.17) is 21.1 Å². The first kappa shape index (κ1) is 30.6. The Morgan fingerprint density at radius 2 is 1.71 bits per heavy atom. The minimum Gasteiger partial charge on any atom is -0.483 e. The molecule has 2 aliphatic rings. The Morgan fingerprint density at radius 3 is 2.40 bits per heavy atom. The molecule has 2 aromatic carbocycles. The Kier molecular flexibility index (Phi) is 9.84. The third-order valence-corrected chi connectivity index (χ3v) is 6.77. The second-order valence-electron chi connectivity index (χ2n) is 9.50. The third kappa shape index (κ3) is 8.56. The van der Waals surface area contributed by atoms with Gasteiger partial charge in [0.1, 0.15) is 10.8 Å². The average Bonchev–Trinajstić information content (AvgIpc) is 2.97. The molecule has 1 fully saturated rings. The van der Waals surface area contributed by atoms with Gasteiger partial charge in [0, 0.05) is 44.5 Å². The number of anilines is 4. The molecule has 42 heavy (non-hydrogen) atoms. The van der Waals surface area contributed by atoms with Gasteiger partial charge in [-0.1, -0.05) is 23.7 Å². The maximum absolute atomic E-state index is 12.8. The smallest absolute Gasteiger partial charge is 0.446 e. The molecule has 10 nitrogen and oxygen atoms in total. The SMILES string of the molecule is CC(=O)N1CCN(C(=O)COc2ccc3cc2CCc2cccc(c2)Nc2ncc(Cl)c(n2)N3)CC1.O=CC(F)(F)F. The lowest BCUT2D eigenvalue weighted by Gasteiger charge is -2.34. The standard InChI is InChI=1S/C26H27ClN6O3.C2HF3O/c1-17(34)32-9-11-33(12-10-32)24(35)16-36-23-8-7-21-14-19(23)6-5-18-3-2-4-20(13-18)30-26-28-15-22(27)25(29-21)31-26;3-2(4,5)1-6/h2-4,7-8,13-15H,5-6,9-12,16H2,1H3,(H2,28,29,30,31);1H. The minimum atomic E-state index is -4.64. The van der Waals surface area contributed by atoms with Crippen molar-refractivity contribution in [1.82, 2.24) is 19.8 Å². The maximum Gasteiger partial charge on any atom is 0.446 e. The van der Waals surface area contributed by atoms with Crippen molar-refractivity contribution in [3.8, 4) is 5.75 Å². The highest BCUT2D eigenvalue weighted by Crippen LogP contribution is 2.30. The Hall–Kier alpha value is -4.39. The van der Waals surface area contributed by atoms with E-state index in [-0.39, 0.29) is 18.4 Å². The fourth-order valence-corrected chi connectivity index (χ4v) is 4.50. The van der Waals surface area contributed by atoms with Crippen LogP contribution in [0.3, 0.4) is 0 Å². The molecule has 0 aliphatic carbocycles. The van der Waals surface area contributed by atoms with Crippen molar-refractivity contribution in [1.29, 1.82) is 0 Å². The number of halogens is 4. The molecule has 5 rings (SSSR count). The molecular formula is C28H28ClF3N6O4. The number of aromatic nitrogens is 2. The molecule has 0 atom stereocenters. The predicted octanol–water partition coefficient (Wildman–Crippen LogP) is 4.53.